The minimum absolute atomic E-state index is 0.312. The normalized spacial score (nSPS) is 9.45. The average molecular weight is 273 g/mol. The van der Waals surface area contributed by atoms with E-state index >= 15 is 0 Å². The second-order valence-electron chi connectivity index (χ2n) is 4.20. The molecule has 0 atom stereocenters. The summed E-state index contributed by atoms with van der Waals surface area (Å²) in [6, 6.07) is 13.3. The maximum atomic E-state index is 10.9. The standard InChI is InChI=1S/C11H9NO.C4H6O3/c12-11(13)10-6-5-8-3-1-2-4-9(8)7-10;1-3(5)2-4(6)7/h1-7H,(H2,12,13);2H2,1H3,(H,6,7). The van der Waals surface area contributed by atoms with Crippen LogP contribution in [0.4, 0.5) is 0 Å². The number of ketones is 1. The summed E-state index contributed by atoms with van der Waals surface area (Å²) in [6.07, 6.45) is -0.361. The molecular formula is C15H15NO4. The highest BCUT2D eigenvalue weighted by Gasteiger charge is 2.00. The van der Waals surface area contributed by atoms with Gasteiger partial charge in [-0.15, -0.1) is 0 Å². The van der Waals surface area contributed by atoms with Gasteiger partial charge in [-0.1, -0.05) is 30.3 Å². The number of nitrogens with two attached hydrogens (primary N) is 1. The number of carboxylic acid groups (broad SMARTS) is 1. The van der Waals surface area contributed by atoms with Gasteiger partial charge in [-0.2, -0.15) is 0 Å². The summed E-state index contributed by atoms with van der Waals surface area (Å²) in [5.41, 5.74) is 5.72. The second-order valence-corrected chi connectivity index (χ2v) is 4.20. The average Bonchev–Trinajstić information content (AvgIpc) is 2.37. The van der Waals surface area contributed by atoms with Gasteiger partial charge in [-0.3, -0.25) is 14.4 Å². The van der Waals surface area contributed by atoms with E-state index in [4.69, 9.17) is 10.8 Å². The van der Waals surface area contributed by atoms with E-state index in [1.165, 1.54) is 6.92 Å². The van der Waals surface area contributed by atoms with Crippen molar-refractivity contribution in [3.05, 3.63) is 48.0 Å². The number of carbonyl (C=O) groups is 3. The van der Waals surface area contributed by atoms with Gasteiger partial charge in [0.15, 0.2) is 0 Å². The van der Waals surface area contributed by atoms with Crippen molar-refractivity contribution in [1.29, 1.82) is 0 Å². The Morgan fingerprint density at radius 1 is 1.05 bits per heavy atom. The molecule has 0 spiro atoms. The molecule has 0 bridgehead atoms. The fraction of sp³-hybridized carbons (Fsp3) is 0.133. The Hall–Kier alpha value is -2.69. The molecule has 2 aromatic carbocycles. The van der Waals surface area contributed by atoms with Crippen LogP contribution in [-0.4, -0.2) is 22.8 Å². The van der Waals surface area contributed by atoms with Gasteiger partial charge in [0.25, 0.3) is 0 Å². The zero-order valence-corrected chi connectivity index (χ0v) is 11.0. The monoisotopic (exact) mass is 273 g/mol. The Morgan fingerprint density at radius 2 is 1.65 bits per heavy atom. The fourth-order valence-electron chi connectivity index (χ4n) is 1.56. The highest BCUT2D eigenvalue weighted by molar-refractivity contribution is 5.97. The highest BCUT2D eigenvalue weighted by Crippen LogP contribution is 2.14. The van der Waals surface area contributed by atoms with Gasteiger partial charge in [0.05, 0.1) is 0 Å². The molecule has 0 saturated heterocycles. The lowest BCUT2D eigenvalue weighted by atomic mass is 10.1. The number of carboxylic acids is 1. The fourth-order valence-corrected chi connectivity index (χ4v) is 1.56. The van der Waals surface area contributed by atoms with Gasteiger partial charge < -0.3 is 10.8 Å². The molecule has 0 aliphatic carbocycles. The van der Waals surface area contributed by atoms with Crippen molar-refractivity contribution in [2.24, 2.45) is 5.73 Å². The van der Waals surface area contributed by atoms with Crippen LogP contribution in [0.1, 0.15) is 23.7 Å². The number of amides is 1. The van der Waals surface area contributed by atoms with Crippen molar-refractivity contribution in [3.8, 4) is 0 Å². The lowest BCUT2D eigenvalue weighted by Crippen LogP contribution is -2.10. The van der Waals surface area contributed by atoms with Crippen LogP contribution in [0, 0.1) is 0 Å². The Balaban J connectivity index is 0.000000246. The molecule has 1 amide bonds. The van der Waals surface area contributed by atoms with E-state index in [0.717, 1.165) is 10.8 Å². The first-order chi connectivity index (χ1) is 9.40. The topological polar surface area (TPSA) is 97.5 Å². The van der Waals surface area contributed by atoms with Crippen LogP contribution in [0.15, 0.2) is 42.5 Å². The Kier molecular flexibility index (Phi) is 5.41. The zero-order valence-electron chi connectivity index (χ0n) is 11.0. The minimum Gasteiger partial charge on any atom is -0.481 e. The Morgan fingerprint density at radius 3 is 2.10 bits per heavy atom. The molecule has 2 rings (SSSR count). The van der Waals surface area contributed by atoms with E-state index < -0.39 is 5.97 Å². The molecule has 104 valence electrons. The van der Waals surface area contributed by atoms with Crippen molar-refractivity contribution in [2.75, 3.05) is 0 Å². The lowest BCUT2D eigenvalue weighted by Gasteiger charge is -1.98. The number of primary amides is 1. The number of Topliss-reactive ketones (excluding diaryl/α,β-unsaturated/α-hetero) is 1. The number of benzene rings is 2. The molecule has 5 nitrogen and oxygen atoms in total. The van der Waals surface area contributed by atoms with Gasteiger partial charge >= 0.3 is 5.97 Å². The van der Waals surface area contributed by atoms with Crippen molar-refractivity contribution >= 4 is 28.4 Å². The van der Waals surface area contributed by atoms with Gasteiger partial charge in [-0.05, 0) is 29.8 Å². The summed E-state index contributed by atoms with van der Waals surface area (Å²) in [7, 11) is 0. The summed E-state index contributed by atoms with van der Waals surface area (Å²) in [6.45, 7) is 1.24. The SMILES string of the molecule is CC(=O)CC(=O)O.NC(=O)c1ccc2ccccc2c1. The molecule has 0 unspecified atom stereocenters. The van der Waals surface area contributed by atoms with Crippen LogP contribution >= 0.6 is 0 Å². The second kappa shape index (κ2) is 7.04. The lowest BCUT2D eigenvalue weighted by molar-refractivity contribution is -0.139. The van der Waals surface area contributed by atoms with Crippen molar-refractivity contribution in [1.82, 2.24) is 0 Å². The first-order valence-electron chi connectivity index (χ1n) is 5.90. The number of hydrogen-bond donors (Lipinski definition) is 2. The van der Waals surface area contributed by atoms with Gasteiger partial charge in [-0.25, -0.2) is 0 Å². The van der Waals surface area contributed by atoms with Crippen LogP contribution in [0.25, 0.3) is 10.8 Å². The molecule has 0 fully saturated rings. The van der Waals surface area contributed by atoms with Crippen LogP contribution in [0.5, 0.6) is 0 Å². The molecule has 5 heteroatoms. The molecule has 0 aliphatic heterocycles. The largest absolute Gasteiger partial charge is 0.481 e. The van der Waals surface area contributed by atoms with Crippen molar-refractivity contribution in [3.63, 3.8) is 0 Å². The first kappa shape index (κ1) is 15.4. The van der Waals surface area contributed by atoms with Crippen LogP contribution < -0.4 is 5.73 Å². The summed E-state index contributed by atoms with van der Waals surface area (Å²) in [5.74, 6) is -1.76. The van der Waals surface area contributed by atoms with E-state index in [1.807, 2.05) is 30.3 Å². The number of fused-ring (bicyclic) bond motifs is 1. The van der Waals surface area contributed by atoms with E-state index in [-0.39, 0.29) is 18.1 Å². The van der Waals surface area contributed by atoms with E-state index in [9.17, 15) is 14.4 Å². The quantitative estimate of drug-likeness (QED) is 0.835. The van der Waals surface area contributed by atoms with Crippen LogP contribution in [-0.2, 0) is 9.59 Å². The van der Waals surface area contributed by atoms with Crippen molar-refractivity contribution < 1.29 is 19.5 Å². The highest BCUT2D eigenvalue weighted by atomic mass is 16.4. The number of hydrogen-bond acceptors (Lipinski definition) is 3. The van der Waals surface area contributed by atoms with Crippen molar-refractivity contribution in [2.45, 2.75) is 13.3 Å². The summed E-state index contributed by atoms with van der Waals surface area (Å²) < 4.78 is 0. The maximum absolute atomic E-state index is 10.9. The number of rotatable bonds is 3. The Labute approximate surface area is 116 Å². The predicted molar refractivity (Wildman–Crippen MR) is 75.4 cm³/mol. The first-order valence-corrected chi connectivity index (χ1v) is 5.90. The molecular weight excluding hydrogens is 258 g/mol. The smallest absolute Gasteiger partial charge is 0.310 e. The molecule has 0 saturated carbocycles. The molecule has 3 N–H and O–H groups in total. The molecule has 0 aliphatic rings. The summed E-state index contributed by atoms with van der Waals surface area (Å²) >= 11 is 0. The molecule has 0 heterocycles. The maximum Gasteiger partial charge on any atom is 0.310 e. The molecule has 0 radical (unpaired) electrons. The number of aliphatic carboxylic acids is 1. The predicted octanol–water partition coefficient (Wildman–Crippen LogP) is 1.99. The molecule has 2 aromatic rings. The van der Waals surface area contributed by atoms with Gasteiger partial charge in [0, 0.05) is 5.56 Å². The third-order valence-corrected chi connectivity index (χ3v) is 2.43. The Bertz CT molecular complexity index is 637. The van der Waals surface area contributed by atoms with Crippen LogP contribution in [0.2, 0.25) is 0 Å². The summed E-state index contributed by atoms with van der Waals surface area (Å²) in [4.78, 5) is 30.3. The van der Waals surface area contributed by atoms with Crippen LogP contribution in [0.3, 0.4) is 0 Å². The molecule has 0 aromatic heterocycles. The van der Waals surface area contributed by atoms with E-state index in [1.54, 1.807) is 12.1 Å². The van der Waals surface area contributed by atoms with Gasteiger partial charge in [0.1, 0.15) is 12.2 Å². The summed E-state index contributed by atoms with van der Waals surface area (Å²) in [5, 5.41) is 10.0. The zero-order chi connectivity index (χ0) is 15.1. The molecule has 20 heavy (non-hydrogen) atoms. The minimum atomic E-state index is -1.06. The van der Waals surface area contributed by atoms with E-state index in [0.29, 0.717) is 5.56 Å². The number of carbonyl (C=O) groups excluding carboxylic acids is 2. The van der Waals surface area contributed by atoms with Gasteiger partial charge in [0.2, 0.25) is 5.91 Å². The third kappa shape index (κ3) is 4.89. The third-order valence-electron chi connectivity index (χ3n) is 2.43. The van der Waals surface area contributed by atoms with E-state index in [2.05, 4.69) is 0 Å².